The molecule has 4 nitrogen and oxygen atoms in total. The molecule has 0 fully saturated rings. The molecule has 21 heavy (non-hydrogen) atoms. The van der Waals surface area contributed by atoms with Crippen LogP contribution in [0.2, 0.25) is 0 Å². The van der Waals surface area contributed by atoms with Crippen LogP contribution in [-0.2, 0) is 0 Å². The van der Waals surface area contributed by atoms with Crippen LogP contribution in [0.4, 0.5) is 5.69 Å². The normalized spacial score (nSPS) is 10.7. The fraction of sp³-hybridized carbons (Fsp3) is 0. The Morgan fingerprint density at radius 3 is 2.48 bits per heavy atom. The van der Waals surface area contributed by atoms with Crippen LogP contribution in [0.5, 0.6) is 0 Å². The van der Waals surface area contributed by atoms with Gasteiger partial charge in [-0.05, 0) is 29.8 Å². The van der Waals surface area contributed by atoms with E-state index in [1.807, 2.05) is 54.6 Å². The summed E-state index contributed by atoms with van der Waals surface area (Å²) in [6.45, 7) is 0. The SMILES string of the molecule is C(=NNc1ccccc1)c1cccc(-c2ncccn2)c1. The van der Waals surface area contributed by atoms with E-state index in [2.05, 4.69) is 20.5 Å². The van der Waals surface area contributed by atoms with Gasteiger partial charge in [0.1, 0.15) is 0 Å². The van der Waals surface area contributed by atoms with Gasteiger partial charge in [-0.2, -0.15) is 5.10 Å². The minimum Gasteiger partial charge on any atom is -0.279 e. The number of hydrazone groups is 1. The zero-order chi connectivity index (χ0) is 14.3. The largest absolute Gasteiger partial charge is 0.279 e. The number of hydrogen-bond donors (Lipinski definition) is 1. The highest BCUT2D eigenvalue weighted by molar-refractivity contribution is 5.82. The molecule has 0 unspecified atom stereocenters. The summed E-state index contributed by atoms with van der Waals surface area (Å²) in [7, 11) is 0. The number of benzene rings is 2. The summed E-state index contributed by atoms with van der Waals surface area (Å²) in [5.41, 5.74) is 5.91. The standard InChI is InChI=1S/C17H14N4/c1-2-8-16(9-3-1)21-20-13-14-6-4-7-15(12-14)17-18-10-5-11-19-17/h1-13,21H. The average Bonchev–Trinajstić information content (AvgIpc) is 2.57. The maximum Gasteiger partial charge on any atom is 0.159 e. The molecule has 0 radical (unpaired) electrons. The first kappa shape index (κ1) is 13.0. The van der Waals surface area contributed by atoms with Gasteiger partial charge in [0.05, 0.1) is 11.9 Å². The van der Waals surface area contributed by atoms with Gasteiger partial charge < -0.3 is 0 Å². The second-order valence-electron chi connectivity index (χ2n) is 4.43. The van der Waals surface area contributed by atoms with Crippen LogP contribution in [0.15, 0.2) is 78.2 Å². The quantitative estimate of drug-likeness (QED) is 0.584. The molecular formula is C17H14N4. The lowest BCUT2D eigenvalue weighted by atomic mass is 10.1. The highest BCUT2D eigenvalue weighted by Crippen LogP contribution is 2.14. The Balaban J connectivity index is 1.75. The van der Waals surface area contributed by atoms with Gasteiger partial charge in [0, 0.05) is 18.0 Å². The van der Waals surface area contributed by atoms with Gasteiger partial charge >= 0.3 is 0 Å². The van der Waals surface area contributed by atoms with E-state index in [4.69, 9.17) is 0 Å². The summed E-state index contributed by atoms with van der Waals surface area (Å²) in [5, 5.41) is 4.23. The summed E-state index contributed by atoms with van der Waals surface area (Å²) in [6, 6.07) is 19.6. The lowest BCUT2D eigenvalue weighted by Gasteiger charge is -2.01. The average molecular weight is 274 g/mol. The first-order valence-corrected chi connectivity index (χ1v) is 6.63. The van der Waals surface area contributed by atoms with Gasteiger partial charge in [0.15, 0.2) is 5.82 Å². The van der Waals surface area contributed by atoms with Crippen molar-refractivity contribution in [2.45, 2.75) is 0 Å². The molecule has 1 N–H and O–H groups in total. The molecule has 0 atom stereocenters. The predicted molar refractivity (Wildman–Crippen MR) is 85.1 cm³/mol. The molecule has 0 aliphatic carbocycles. The Bertz CT molecular complexity index is 724. The van der Waals surface area contributed by atoms with Crippen LogP contribution in [0.1, 0.15) is 5.56 Å². The van der Waals surface area contributed by atoms with E-state index in [0.29, 0.717) is 5.82 Å². The predicted octanol–water partition coefficient (Wildman–Crippen LogP) is 3.59. The van der Waals surface area contributed by atoms with Crippen molar-refractivity contribution < 1.29 is 0 Å². The molecule has 1 heterocycles. The number of anilines is 1. The minimum absolute atomic E-state index is 0.712. The molecule has 0 amide bonds. The summed E-state index contributed by atoms with van der Waals surface area (Å²) >= 11 is 0. The number of para-hydroxylation sites is 1. The Labute approximate surface area is 123 Å². The highest BCUT2D eigenvalue weighted by Gasteiger charge is 1.99. The van der Waals surface area contributed by atoms with E-state index in [9.17, 15) is 0 Å². The second kappa shape index (κ2) is 6.43. The molecule has 0 saturated heterocycles. The molecule has 3 rings (SSSR count). The third kappa shape index (κ3) is 3.51. The van der Waals surface area contributed by atoms with Crippen molar-refractivity contribution in [3.63, 3.8) is 0 Å². The first-order valence-electron chi connectivity index (χ1n) is 6.63. The van der Waals surface area contributed by atoms with Gasteiger partial charge in [-0.3, -0.25) is 5.43 Å². The van der Waals surface area contributed by atoms with Crippen LogP contribution < -0.4 is 5.43 Å². The zero-order valence-corrected chi connectivity index (χ0v) is 11.3. The zero-order valence-electron chi connectivity index (χ0n) is 11.3. The third-order valence-corrected chi connectivity index (χ3v) is 2.89. The Kier molecular flexibility index (Phi) is 3.98. The molecule has 4 heteroatoms. The summed E-state index contributed by atoms with van der Waals surface area (Å²) < 4.78 is 0. The number of hydrogen-bond acceptors (Lipinski definition) is 4. The Hall–Kier alpha value is -3.01. The van der Waals surface area contributed by atoms with Crippen molar-refractivity contribution in [2.24, 2.45) is 5.10 Å². The number of nitrogens with one attached hydrogen (secondary N) is 1. The van der Waals surface area contributed by atoms with E-state index in [1.54, 1.807) is 24.7 Å². The van der Waals surface area contributed by atoms with E-state index >= 15 is 0 Å². The van der Waals surface area contributed by atoms with Crippen molar-refractivity contribution in [3.8, 4) is 11.4 Å². The van der Waals surface area contributed by atoms with Crippen molar-refractivity contribution in [1.82, 2.24) is 9.97 Å². The molecule has 2 aromatic carbocycles. The van der Waals surface area contributed by atoms with Crippen molar-refractivity contribution in [3.05, 3.63) is 78.6 Å². The van der Waals surface area contributed by atoms with E-state index < -0.39 is 0 Å². The fourth-order valence-corrected chi connectivity index (χ4v) is 1.90. The van der Waals surface area contributed by atoms with Crippen LogP contribution in [0.25, 0.3) is 11.4 Å². The lowest BCUT2D eigenvalue weighted by Crippen LogP contribution is -1.91. The van der Waals surface area contributed by atoms with Crippen LogP contribution in [-0.4, -0.2) is 16.2 Å². The molecule has 0 aliphatic rings. The van der Waals surface area contributed by atoms with Crippen LogP contribution in [0.3, 0.4) is 0 Å². The fourth-order valence-electron chi connectivity index (χ4n) is 1.90. The molecule has 0 saturated carbocycles. The lowest BCUT2D eigenvalue weighted by molar-refractivity contribution is 1.18. The summed E-state index contributed by atoms with van der Waals surface area (Å²) in [5.74, 6) is 0.712. The van der Waals surface area contributed by atoms with E-state index in [-0.39, 0.29) is 0 Å². The summed E-state index contributed by atoms with van der Waals surface area (Å²) in [6.07, 6.45) is 5.25. The molecule has 3 aromatic rings. The Morgan fingerprint density at radius 1 is 0.857 bits per heavy atom. The topological polar surface area (TPSA) is 50.2 Å². The van der Waals surface area contributed by atoms with Crippen molar-refractivity contribution in [2.75, 3.05) is 5.43 Å². The molecule has 1 aromatic heterocycles. The molecule has 0 spiro atoms. The van der Waals surface area contributed by atoms with Gasteiger partial charge in [0.25, 0.3) is 0 Å². The third-order valence-electron chi connectivity index (χ3n) is 2.89. The smallest absolute Gasteiger partial charge is 0.159 e. The molecule has 0 aliphatic heterocycles. The molecule has 0 bridgehead atoms. The van der Waals surface area contributed by atoms with Gasteiger partial charge in [-0.25, -0.2) is 9.97 Å². The molecule has 102 valence electrons. The van der Waals surface area contributed by atoms with Crippen molar-refractivity contribution in [1.29, 1.82) is 0 Å². The number of rotatable bonds is 4. The Morgan fingerprint density at radius 2 is 1.67 bits per heavy atom. The monoisotopic (exact) mass is 274 g/mol. The van der Waals surface area contributed by atoms with Gasteiger partial charge in [0.2, 0.25) is 0 Å². The second-order valence-corrected chi connectivity index (χ2v) is 4.43. The van der Waals surface area contributed by atoms with Crippen LogP contribution in [0, 0.1) is 0 Å². The van der Waals surface area contributed by atoms with E-state index in [1.165, 1.54) is 0 Å². The highest BCUT2D eigenvalue weighted by atomic mass is 15.3. The van der Waals surface area contributed by atoms with E-state index in [0.717, 1.165) is 16.8 Å². The van der Waals surface area contributed by atoms with Gasteiger partial charge in [-0.1, -0.05) is 36.4 Å². The number of nitrogens with zero attached hydrogens (tertiary/aromatic N) is 3. The first-order chi connectivity index (χ1) is 10.4. The number of aromatic nitrogens is 2. The molecular weight excluding hydrogens is 260 g/mol. The summed E-state index contributed by atoms with van der Waals surface area (Å²) in [4.78, 5) is 8.49. The maximum atomic E-state index is 4.25. The minimum atomic E-state index is 0.712. The van der Waals surface area contributed by atoms with Gasteiger partial charge in [-0.15, -0.1) is 0 Å². The maximum absolute atomic E-state index is 4.25. The van der Waals surface area contributed by atoms with Crippen LogP contribution >= 0.6 is 0 Å². The van der Waals surface area contributed by atoms with Crippen molar-refractivity contribution >= 4 is 11.9 Å².